The Bertz CT molecular complexity index is 398. The van der Waals surface area contributed by atoms with E-state index in [0.717, 1.165) is 0 Å². The Hall–Kier alpha value is -0.940. The maximum atomic E-state index is 13.6. The predicted molar refractivity (Wildman–Crippen MR) is 64.9 cm³/mol. The molecular weight excluding hydrogens is 291 g/mol. The van der Waals surface area contributed by atoms with E-state index in [4.69, 9.17) is 4.74 Å². The van der Waals surface area contributed by atoms with E-state index in [1.54, 1.807) is 13.0 Å². The molecule has 0 fully saturated rings. The summed E-state index contributed by atoms with van der Waals surface area (Å²) in [7, 11) is 0. The molecular formula is C12H14BrFO3. The molecule has 0 amide bonds. The van der Waals surface area contributed by atoms with E-state index in [-0.39, 0.29) is 18.6 Å². The van der Waals surface area contributed by atoms with Crippen LogP contribution in [-0.4, -0.2) is 17.7 Å². The molecule has 0 saturated carbocycles. The molecule has 0 aliphatic heterocycles. The number of esters is 1. The summed E-state index contributed by atoms with van der Waals surface area (Å²) < 4.78 is 18.8. The number of carbonyl (C=O) groups is 1. The molecule has 1 unspecified atom stereocenters. The molecule has 0 aliphatic carbocycles. The van der Waals surface area contributed by atoms with Crippen molar-refractivity contribution in [2.75, 3.05) is 6.61 Å². The number of carbonyl (C=O) groups excluding carboxylic acids is 1. The second kappa shape index (κ2) is 5.60. The first-order valence-corrected chi connectivity index (χ1v) is 6.00. The highest BCUT2D eigenvalue weighted by Crippen LogP contribution is 2.33. The third-order valence-electron chi connectivity index (χ3n) is 2.30. The van der Waals surface area contributed by atoms with Crippen molar-refractivity contribution >= 4 is 21.9 Å². The van der Waals surface area contributed by atoms with Gasteiger partial charge in [0, 0.05) is 10.0 Å². The Kier molecular flexibility index (Phi) is 4.65. The highest BCUT2D eigenvalue weighted by Gasteiger charge is 2.32. The molecule has 17 heavy (non-hydrogen) atoms. The fraction of sp³-hybridized carbons (Fsp3) is 0.417. The zero-order valence-corrected chi connectivity index (χ0v) is 11.3. The van der Waals surface area contributed by atoms with Crippen LogP contribution in [0.2, 0.25) is 0 Å². The molecule has 0 bridgehead atoms. The van der Waals surface area contributed by atoms with Gasteiger partial charge in [-0.15, -0.1) is 0 Å². The first kappa shape index (κ1) is 14.1. The van der Waals surface area contributed by atoms with Gasteiger partial charge < -0.3 is 9.84 Å². The molecule has 1 atom stereocenters. The van der Waals surface area contributed by atoms with Crippen LogP contribution in [0.4, 0.5) is 4.39 Å². The quantitative estimate of drug-likeness (QED) is 0.870. The largest absolute Gasteiger partial charge is 0.466 e. The zero-order chi connectivity index (χ0) is 13.1. The van der Waals surface area contributed by atoms with Crippen LogP contribution in [0.3, 0.4) is 0 Å². The van der Waals surface area contributed by atoms with Crippen LogP contribution in [0.1, 0.15) is 25.8 Å². The van der Waals surface area contributed by atoms with Crippen molar-refractivity contribution in [3.63, 3.8) is 0 Å². The minimum Gasteiger partial charge on any atom is -0.466 e. The summed E-state index contributed by atoms with van der Waals surface area (Å²) in [4.78, 5) is 11.3. The molecule has 5 heteroatoms. The molecule has 0 saturated heterocycles. The molecule has 0 heterocycles. The summed E-state index contributed by atoms with van der Waals surface area (Å²) >= 11 is 3.16. The number of benzene rings is 1. The number of rotatable bonds is 4. The molecule has 0 spiro atoms. The van der Waals surface area contributed by atoms with Crippen molar-refractivity contribution in [1.82, 2.24) is 0 Å². The number of aliphatic hydroxyl groups is 1. The fourth-order valence-electron chi connectivity index (χ4n) is 1.59. The van der Waals surface area contributed by atoms with E-state index in [9.17, 15) is 14.3 Å². The number of ether oxygens (including phenoxy) is 1. The smallest absolute Gasteiger partial charge is 0.309 e. The lowest BCUT2D eigenvalue weighted by molar-refractivity contribution is -0.148. The second-order valence-electron chi connectivity index (χ2n) is 3.85. The highest BCUT2D eigenvalue weighted by molar-refractivity contribution is 9.10. The van der Waals surface area contributed by atoms with Gasteiger partial charge in [0.15, 0.2) is 0 Å². The van der Waals surface area contributed by atoms with Crippen molar-refractivity contribution in [3.05, 3.63) is 34.1 Å². The normalized spacial score (nSPS) is 14.2. The fourth-order valence-corrected chi connectivity index (χ4v) is 2.36. The molecule has 1 rings (SSSR count). The van der Waals surface area contributed by atoms with Crippen LogP contribution in [0.15, 0.2) is 22.7 Å². The Morgan fingerprint density at radius 3 is 2.76 bits per heavy atom. The van der Waals surface area contributed by atoms with E-state index in [0.29, 0.717) is 4.47 Å². The van der Waals surface area contributed by atoms with Crippen LogP contribution >= 0.6 is 15.9 Å². The van der Waals surface area contributed by atoms with Crippen molar-refractivity contribution < 1.29 is 19.0 Å². The lowest BCUT2D eigenvalue weighted by atomic mass is 9.92. The molecule has 1 N–H and O–H groups in total. The summed E-state index contributed by atoms with van der Waals surface area (Å²) in [6.45, 7) is 3.28. The van der Waals surface area contributed by atoms with Gasteiger partial charge in [0.05, 0.1) is 13.0 Å². The first-order chi connectivity index (χ1) is 7.88. The van der Waals surface area contributed by atoms with Crippen molar-refractivity contribution in [2.24, 2.45) is 0 Å². The minimum atomic E-state index is -1.60. The van der Waals surface area contributed by atoms with Crippen LogP contribution in [-0.2, 0) is 15.1 Å². The first-order valence-electron chi connectivity index (χ1n) is 5.21. The number of hydrogen-bond acceptors (Lipinski definition) is 3. The second-order valence-corrected chi connectivity index (χ2v) is 4.71. The van der Waals surface area contributed by atoms with Gasteiger partial charge in [-0.1, -0.05) is 22.0 Å². The molecule has 0 aliphatic rings. The van der Waals surface area contributed by atoms with E-state index in [1.807, 2.05) is 0 Å². The zero-order valence-electron chi connectivity index (χ0n) is 9.67. The Morgan fingerprint density at radius 1 is 1.59 bits per heavy atom. The molecule has 94 valence electrons. The average Bonchev–Trinajstić information content (AvgIpc) is 2.15. The van der Waals surface area contributed by atoms with E-state index in [1.165, 1.54) is 19.1 Å². The van der Waals surface area contributed by atoms with Crippen LogP contribution < -0.4 is 0 Å². The van der Waals surface area contributed by atoms with Crippen molar-refractivity contribution in [3.8, 4) is 0 Å². The Balaban J connectivity index is 3.00. The third kappa shape index (κ3) is 3.51. The van der Waals surface area contributed by atoms with E-state index >= 15 is 0 Å². The Morgan fingerprint density at radius 2 is 2.24 bits per heavy atom. The monoisotopic (exact) mass is 304 g/mol. The number of halogens is 2. The van der Waals surface area contributed by atoms with Gasteiger partial charge in [0.1, 0.15) is 11.4 Å². The highest BCUT2D eigenvalue weighted by atomic mass is 79.9. The molecule has 0 aromatic heterocycles. The number of hydrogen-bond donors (Lipinski definition) is 1. The van der Waals surface area contributed by atoms with Crippen LogP contribution in [0.5, 0.6) is 0 Å². The van der Waals surface area contributed by atoms with Crippen LogP contribution in [0, 0.1) is 5.82 Å². The molecule has 3 nitrogen and oxygen atoms in total. The van der Waals surface area contributed by atoms with E-state index < -0.39 is 17.4 Å². The summed E-state index contributed by atoms with van der Waals surface area (Å²) in [6.07, 6.45) is -0.291. The van der Waals surface area contributed by atoms with Gasteiger partial charge in [0.25, 0.3) is 0 Å². The SMILES string of the molecule is CCOC(=O)CC(C)(O)c1c(F)cccc1Br. The third-order valence-corrected chi connectivity index (χ3v) is 2.96. The van der Waals surface area contributed by atoms with Gasteiger partial charge >= 0.3 is 5.97 Å². The van der Waals surface area contributed by atoms with Gasteiger partial charge in [-0.25, -0.2) is 4.39 Å². The van der Waals surface area contributed by atoms with Gasteiger partial charge in [-0.05, 0) is 26.0 Å². The van der Waals surface area contributed by atoms with Crippen molar-refractivity contribution in [2.45, 2.75) is 25.9 Å². The van der Waals surface area contributed by atoms with Crippen LogP contribution in [0.25, 0.3) is 0 Å². The molecule has 1 aromatic carbocycles. The molecule has 1 aromatic rings. The summed E-state index contributed by atoms with van der Waals surface area (Å²) in [5.74, 6) is -1.12. The average molecular weight is 305 g/mol. The standard InChI is InChI=1S/C12H14BrFO3/c1-3-17-10(15)7-12(2,16)11-8(13)5-4-6-9(11)14/h4-6,16H,3,7H2,1-2H3. The predicted octanol–water partition coefficient (Wildman–Crippen LogP) is 2.75. The summed E-state index contributed by atoms with van der Waals surface area (Å²) in [5.41, 5.74) is -1.54. The summed E-state index contributed by atoms with van der Waals surface area (Å²) in [5, 5.41) is 10.2. The van der Waals surface area contributed by atoms with Gasteiger partial charge in [-0.3, -0.25) is 4.79 Å². The topological polar surface area (TPSA) is 46.5 Å². The lowest BCUT2D eigenvalue weighted by Crippen LogP contribution is -2.28. The molecule has 0 radical (unpaired) electrons. The Labute approximate surface area is 108 Å². The van der Waals surface area contributed by atoms with E-state index in [2.05, 4.69) is 15.9 Å². The van der Waals surface area contributed by atoms with Gasteiger partial charge in [0.2, 0.25) is 0 Å². The minimum absolute atomic E-state index is 0.0630. The lowest BCUT2D eigenvalue weighted by Gasteiger charge is -2.24. The van der Waals surface area contributed by atoms with Crippen molar-refractivity contribution in [1.29, 1.82) is 0 Å². The van der Waals surface area contributed by atoms with Gasteiger partial charge in [-0.2, -0.15) is 0 Å². The summed E-state index contributed by atoms with van der Waals surface area (Å²) in [6, 6.07) is 4.36. The maximum Gasteiger partial charge on any atom is 0.309 e. The maximum absolute atomic E-state index is 13.6.